The molecule has 104 valence electrons. The first kappa shape index (κ1) is 14.1. The van der Waals surface area contributed by atoms with Crippen LogP contribution < -0.4 is 15.6 Å². The zero-order valence-corrected chi connectivity index (χ0v) is 11.1. The topological polar surface area (TPSA) is 38.5 Å². The summed E-state index contributed by atoms with van der Waals surface area (Å²) >= 11 is 0. The Balaban J connectivity index is 2.01. The molecule has 0 radical (unpaired) electrons. The van der Waals surface area contributed by atoms with Crippen LogP contribution in [0.15, 0.2) is 61.2 Å². The molecule has 0 atom stereocenters. The van der Waals surface area contributed by atoms with Crippen LogP contribution in [-0.2, 0) is 6.54 Å². The summed E-state index contributed by atoms with van der Waals surface area (Å²) in [6, 6.07) is 13.8. The molecular formula is C16H17FN2O. The smallest absolute Gasteiger partial charge is 0.123 e. The summed E-state index contributed by atoms with van der Waals surface area (Å²) in [6.07, 6.45) is 1.69. The molecule has 0 unspecified atom stereocenters. The number of halogens is 1. The van der Waals surface area contributed by atoms with Crippen LogP contribution in [0.2, 0.25) is 0 Å². The van der Waals surface area contributed by atoms with Crippen LogP contribution in [0.1, 0.15) is 5.56 Å². The Kier molecular flexibility index (Phi) is 4.74. The third kappa shape index (κ3) is 3.83. The Morgan fingerprint density at radius 2 is 1.95 bits per heavy atom. The minimum atomic E-state index is -0.260. The van der Waals surface area contributed by atoms with E-state index in [0.717, 1.165) is 17.0 Å². The van der Waals surface area contributed by atoms with E-state index in [1.54, 1.807) is 17.2 Å². The third-order valence-electron chi connectivity index (χ3n) is 2.78. The molecule has 20 heavy (non-hydrogen) atoms. The molecule has 2 aromatic carbocycles. The van der Waals surface area contributed by atoms with Crippen LogP contribution in [0.25, 0.3) is 0 Å². The Hall–Kier alpha value is -2.33. The number of rotatable bonds is 6. The van der Waals surface area contributed by atoms with E-state index < -0.39 is 0 Å². The Bertz CT molecular complexity index is 569. The molecule has 3 nitrogen and oxygen atoms in total. The van der Waals surface area contributed by atoms with Crippen molar-refractivity contribution >= 4 is 5.69 Å². The Morgan fingerprint density at radius 3 is 2.60 bits per heavy atom. The average molecular weight is 272 g/mol. The average Bonchev–Trinajstić information content (AvgIpc) is 2.45. The largest absolute Gasteiger partial charge is 0.490 e. The van der Waals surface area contributed by atoms with Gasteiger partial charge in [-0.3, -0.25) is 0 Å². The quantitative estimate of drug-likeness (QED) is 0.498. The number of hydrazine groups is 1. The van der Waals surface area contributed by atoms with E-state index in [9.17, 15) is 4.39 Å². The van der Waals surface area contributed by atoms with Crippen molar-refractivity contribution in [2.45, 2.75) is 6.54 Å². The zero-order valence-electron chi connectivity index (χ0n) is 11.1. The highest BCUT2D eigenvalue weighted by Crippen LogP contribution is 2.19. The normalized spacial score (nSPS) is 10.1. The second-order valence-corrected chi connectivity index (χ2v) is 4.35. The molecule has 4 heteroatoms. The maximum Gasteiger partial charge on any atom is 0.123 e. The number of ether oxygens (including phenoxy) is 1. The molecule has 0 aromatic heterocycles. The fourth-order valence-electron chi connectivity index (χ4n) is 1.81. The maximum absolute atomic E-state index is 13.1. The van der Waals surface area contributed by atoms with Gasteiger partial charge < -0.3 is 9.75 Å². The lowest BCUT2D eigenvalue weighted by molar-refractivity contribution is 0.363. The van der Waals surface area contributed by atoms with E-state index >= 15 is 0 Å². The molecule has 0 spiro atoms. The van der Waals surface area contributed by atoms with Crippen LogP contribution in [0, 0.1) is 5.82 Å². The third-order valence-corrected chi connectivity index (χ3v) is 2.78. The molecule has 0 heterocycles. The van der Waals surface area contributed by atoms with Gasteiger partial charge in [-0.05, 0) is 42.0 Å². The summed E-state index contributed by atoms with van der Waals surface area (Å²) in [5.74, 6) is 6.48. The summed E-state index contributed by atoms with van der Waals surface area (Å²) in [5, 5.41) is 1.56. The van der Waals surface area contributed by atoms with Gasteiger partial charge in [0.1, 0.15) is 18.2 Å². The first-order chi connectivity index (χ1) is 9.69. The number of nitrogens with zero attached hydrogens (tertiary/aromatic N) is 1. The van der Waals surface area contributed by atoms with Gasteiger partial charge >= 0.3 is 0 Å². The molecule has 0 aliphatic carbocycles. The van der Waals surface area contributed by atoms with Crippen molar-refractivity contribution in [2.75, 3.05) is 11.6 Å². The number of benzene rings is 2. The lowest BCUT2D eigenvalue weighted by Gasteiger charge is -2.19. The first-order valence-corrected chi connectivity index (χ1v) is 6.29. The summed E-state index contributed by atoms with van der Waals surface area (Å²) in [6.45, 7) is 4.49. The highest BCUT2D eigenvalue weighted by molar-refractivity contribution is 5.48. The molecule has 0 aliphatic rings. The van der Waals surface area contributed by atoms with Crippen molar-refractivity contribution in [3.63, 3.8) is 0 Å². The Morgan fingerprint density at radius 1 is 1.20 bits per heavy atom. The fraction of sp³-hybridized carbons (Fsp3) is 0.125. The summed E-state index contributed by atoms with van der Waals surface area (Å²) < 4.78 is 18.5. The molecule has 0 amide bonds. The molecular weight excluding hydrogens is 255 g/mol. The van der Waals surface area contributed by atoms with Crippen LogP contribution in [0.4, 0.5) is 10.1 Å². The standard InChI is InChI=1S/C16H17FN2O/c1-2-10-20-16-8-6-15(7-9-16)19(18)12-13-4-3-5-14(17)11-13/h2-9,11H,1,10,12,18H2. The van der Waals surface area contributed by atoms with Crippen LogP contribution in [-0.4, -0.2) is 6.61 Å². The Labute approximate surface area is 118 Å². The molecule has 0 saturated carbocycles. The monoisotopic (exact) mass is 272 g/mol. The number of anilines is 1. The molecule has 2 rings (SSSR count). The summed E-state index contributed by atoms with van der Waals surface area (Å²) in [5.41, 5.74) is 1.65. The van der Waals surface area contributed by atoms with Crippen molar-refractivity contribution < 1.29 is 9.13 Å². The van der Waals surface area contributed by atoms with Gasteiger partial charge in [0.2, 0.25) is 0 Å². The van der Waals surface area contributed by atoms with Gasteiger partial charge in [-0.25, -0.2) is 10.2 Å². The lowest BCUT2D eigenvalue weighted by atomic mass is 10.2. The van der Waals surface area contributed by atoms with Gasteiger partial charge in [-0.2, -0.15) is 0 Å². The van der Waals surface area contributed by atoms with Crippen LogP contribution >= 0.6 is 0 Å². The minimum Gasteiger partial charge on any atom is -0.490 e. The van der Waals surface area contributed by atoms with Gasteiger partial charge in [0, 0.05) is 0 Å². The molecule has 0 bridgehead atoms. The van der Waals surface area contributed by atoms with Crippen LogP contribution in [0.3, 0.4) is 0 Å². The highest BCUT2D eigenvalue weighted by Gasteiger charge is 2.04. The van der Waals surface area contributed by atoms with E-state index in [1.165, 1.54) is 12.1 Å². The van der Waals surface area contributed by atoms with E-state index in [2.05, 4.69) is 6.58 Å². The zero-order chi connectivity index (χ0) is 14.4. The van der Waals surface area contributed by atoms with Gasteiger partial charge in [0.25, 0.3) is 0 Å². The van der Waals surface area contributed by atoms with Crippen molar-refractivity contribution in [3.05, 3.63) is 72.6 Å². The number of nitrogens with two attached hydrogens (primary N) is 1. The van der Waals surface area contributed by atoms with Gasteiger partial charge in [-0.15, -0.1) is 0 Å². The van der Waals surface area contributed by atoms with E-state index in [0.29, 0.717) is 13.2 Å². The molecule has 0 fully saturated rings. The van der Waals surface area contributed by atoms with Gasteiger partial charge in [0.05, 0.1) is 12.2 Å². The second-order valence-electron chi connectivity index (χ2n) is 4.35. The van der Waals surface area contributed by atoms with Gasteiger partial charge in [-0.1, -0.05) is 24.8 Å². The number of hydrogen-bond donors (Lipinski definition) is 1. The van der Waals surface area contributed by atoms with E-state index in [-0.39, 0.29) is 5.82 Å². The highest BCUT2D eigenvalue weighted by atomic mass is 19.1. The van der Waals surface area contributed by atoms with Crippen molar-refractivity contribution in [3.8, 4) is 5.75 Å². The predicted molar refractivity (Wildman–Crippen MR) is 78.9 cm³/mol. The minimum absolute atomic E-state index is 0.260. The predicted octanol–water partition coefficient (Wildman–Crippen LogP) is 3.27. The fourth-order valence-corrected chi connectivity index (χ4v) is 1.81. The van der Waals surface area contributed by atoms with E-state index in [1.807, 2.05) is 30.3 Å². The SMILES string of the molecule is C=CCOc1ccc(N(N)Cc2cccc(F)c2)cc1. The summed E-state index contributed by atoms with van der Waals surface area (Å²) in [7, 11) is 0. The number of hydrogen-bond acceptors (Lipinski definition) is 3. The van der Waals surface area contributed by atoms with Crippen LogP contribution in [0.5, 0.6) is 5.75 Å². The molecule has 0 aliphatic heterocycles. The van der Waals surface area contributed by atoms with Gasteiger partial charge in [0.15, 0.2) is 0 Å². The van der Waals surface area contributed by atoms with Crippen molar-refractivity contribution in [2.24, 2.45) is 5.84 Å². The first-order valence-electron chi connectivity index (χ1n) is 6.29. The lowest BCUT2D eigenvalue weighted by Crippen LogP contribution is -2.29. The maximum atomic E-state index is 13.1. The molecule has 0 saturated heterocycles. The van der Waals surface area contributed by atoms with Crippen molar-refractivity contribution in [1.29, 1.82) is 0 Å². The second kappa shape index (κ2) is 6.73. The van der Waals surface area contributed by atoms with Crippen molar-refractivity contribution in [1.82, 2.24) is 0 Å². The molecule has 2 N–H and O–H groups in total. The molecule has 2 aromatic rings. The summed E-state index contributed by atoms with van der Waals surface area (Å²) in [4.78, 5) is 0. The van der Waals surface area contributed by atoms with E-state index in [4.69, 9.17) is 10.6 Å².